The first-order valence-corrected chi connectivity index (χ1v) is 11.4. The Morgan fingerprint density at radius 1 is 1.12 bits per heavy atom. The Morgan fingerprint density at radius 2 is 1.94 bits per heavy atom. The maximum absolute atomic E-state index is 9.63. The number of aliphatic hydroxyl groups excluding tert-OH is 1. The van der Waals surface area contributed by atoms with Crippen LogP contribution in [0.1, 0.15) is 46.2 Å². The molecule has 0 aliphatic carbocycles. The van der Waals surface area contributed by atoms with Gasteiger partial charge < -0.3 is 15.6 Å². The third kappa shape index (κ3) is 4.36. The summed E-state index contributed by atoms with van der Waals surface area (Å²) < 4.78 is 7.97. The molecule has 1 aliphatic heterocycles. The Labute approximate surface area is 200 Å². The van der Waals surface area contributed by atoms with Gasteiger partial charge in [-0.3, -0.25) is 9.30 Å². The molecular formula is C26H34N6O2. The number of para-hydroxylation sites is 1. The van der Waals surface area contributed by atoms with Gasteiger partial charge in [0.25, 0.3) is 0 Å². The van der Waals surface area contributed by atoms with E-state index in [1.165, 1.54) is 0 Å². The van der Waals surface area contributed by atoms with Gasteiger partial charge in [0.15, 0.2) is 11.5 Å². The summed E-state index contributed by atoms with van der Waals surface area (Å²) in [6.45, 7) is 7.71. The van der Waals surface area contributed by atoms with Gasteiger partial charge >= 0.3 is 0 Å². The van der Waals surface area contributed by atoms with Crippen molar-refractivity contribution < 1.29 is 9.84 Å². The molecule has 180 valence electrons. The molecule has 34 heavy (non-hydrogen) atoms. The van der Waals surface area contributed by atoms with Crippen LogP contribution in [0.4, 0.5) is 0 Å². The normalized spacial score (nSPS) is 19.6. The van der Waals surface area contributed by atoms with Gasteiger partial charge in [0.1, 0.15) is 17.0 Å². The number of hydrogen-bond acceptors (Lipinski definition) is 7. The van der Waals surface area contributed by atoms with Crippen molar-refractivity contribution in [2.45, 2.75) is 52.3 Å². The first kappa shape index (κ1) is 24.1. The minimum atomic E-state index is -0.523. The van der Waals surface area contributed by atoms with Gasteiger partial charge in [-0.25, -0.2) is 4.98 Å². The third-order valence-electron chi connectivity index (χ3n) is 6.46. The van der Waals surface area contributed by atoms with Crippen LogP contribution in [0.5, 0.6) is 5.75 Å². The van der Waals surface area contributed by atoms with Gasteiger partial charge in [-0.2, -0.15) is 0 Å². The lowest BCUT2D eigenvalue weighted by Gasteiger charge is -2.27. The van der Waals surface area contributed by atoms with E-state index in [0.29, 0.717) is 12.4 Å². The van der Waals surface area contributed by atoms with Gasteiger partial charge in [-0.1, -0.05) is 31.7 Å². The van der Waals surface area contributed by atoms with E-state index >= 15 is 0 Å². The maximum atomic E-state index is 9.63. The quantitative estimate of drug-likeness (QED) is 0.449. The van der Waals surface area contributed by atoms with Crippen LogP contribution in [0.25, 0.3) is 28.1 Å². The SMILES string of the molecule is C.CC(C)Oc1cccc2ccc(-c3nnc4ccc([C@H](C)N5CCC(N)(CO)C5)cn34)nc12. The molecule has 2 atom stereocenters. The number of nitrogens with zero attached hydrogens (tertiary/aromatic N) is 5. The molecule has 3 N–H and O–H groups in total. The van der Waals surface area contributed by atoms with Gasteiger partial charge in [0.2, 0.25) is 0 Å². The minimum Gasteiger partial charge on any atom is -0.489 e. The average Bonchev–Trinajstić information content (AvgIpc) is 3.42. The molecule has 1 aliphatic rings. The molecule has 4 aromatic rings. The van der Waals surface area contributed by atoms with Crippen molar-refractivity contribution in [3.05, 3.63) is 54.2 Å². The molecule has 8 heteroatoms. The number of hydrogen-bond donors (Lipinski definition) is 2. The Balaban J connectivity index is 0.00000274. The van der Waals surface area contributed by atoms with Crippen LogP contribution < -0.4 is 10.5 Å². The summed E-state index contributed by atoms with van der Waals surface area (Å²) in [5.74, 6) is 1.45. The number of rotatable bonds is 6. The van der Waals surface area contributed by atoms with Crippen molar-refractivity contribution in [2.24, 2.45) is 5.73 Å². The zero-order chi connectivity index (χ0) is 23.2. The third-order valence-corrected chi connectivity index (χ3v) is 6.46. The van der Waals surface area contributed by atoms with Crippen molar-refractivity contribution in [2.75, 3.05) is 19.7 Å². The zero-order valence-electron chi connectivity index (χ0n) is 19.3. The summed E-state index contributed by atoms with van der Waals surface area (Å²) in [6, 6.07) is 14.2. The van der Waals surface area contributed by atoms with Crippen molar-refractivity contribution in [3.63, 3.8) is 0 Å². The number of nitrogens with two attached hydrogens (primary N) is 1. The van der Waals surface area contributed by atoms with E-state index in [4.69, 9.17) is 15.5 Å². The van der Waals surface area contributed by atoms with Gasteiger partial charge in [-0.15, -0.1) is 10.2 Å². The molecule has 0 saturated carbocycles. The Morgan fingerprint density at radius 3 is 2.68 bits per heavy atom. The predicted octanol–water partition coefficient (Wildman–Crippen LogP) is 3.82. The second-order valence-electron chi connectivity index (χ2n) is 9.32. The molecule has 8 nitrogen and oxygen atoms in total. The first-order valence-electron chi connectivity index (χ1n) is 11.4. The van der Waals surface area contributed by atoms with E-state index < -0.39 is 5.54 Å². The van der Waals surface area contributed by atoms with Crippen molar-refractivity contribution in [1.29, 1.82) is 0 Å². The zero-order valence-corrected chi connectivity index (χ0v) is 19.3. The lowest BCUT2D eigenvalue weighted by molar-refractivity contribution is 0.180. The second-order valence-corrected chi connectivity index (χ2v) is 9.32. The van der Waals surface area contributed by atoms with E-state index in [-0.39, 0.29) is 26.2 Å². The molecular weight excluding hydrogens is 428 g/mol. The van der Waals surface area contributed by atoms with E-state index in [2.05, 4.69) is 34.3 Å². The fourth-order valence-corrected chi connectivity index (χ4v) is 4.52. The molecule has 4 heterocycles. The van der Waals surface area contributed by atoms with Crippen molar-refractivity contribution in [3.8, 4) is 17.3 Å². The van der Waals surface area contributed by atoms with Crippen LogP contribution >= 0.6 is 0 Å². The highest BCUT2D eigenvalue weighted by Gasteiger charge is 2.36. The number of fused-ring (bicyclic) bond motifs is 2. The van der Waals surface area contributed by atoms with Gasteiger partial charge in [0.05, 0.1) is 18.2 Å². The Bertz CT molecular complexity index is 1300. The highest BCUT2D eigenvalue weighted by Crippen LogP contribution is 2.30. The molecule has 5 rings (SSSR count). The molecule has 1 unspecified atom stereocenters. The van der Waals surface area contributed by atoms with E-state index in [1.807, 2.05) is 54.6 Å². The minimum absolute atomic E-state index is 0. The summed E-state index contributed by atoms with van der Waals surface area (Å²) in [6.07, 6.45) is 2.92. The second kappa shape index (κ2) is 9.29. The monoisotopic (exact) mass is 462 g/mol. The van der Waals surface area contributed by atoms with E-state index in [1.54, 1.807) is 0 Å². The Hall–Kier alpha value is -3.07. The number of ether oxygens (including phenoxy) is 1. The molecule has 0 spiro atoms. The number of pyridine rings is 2. The van der Waals surface area contributed by atoms with E-state index in [9.17, 15) is 5.11 Å². The van der Waals surface area contributed by atoms with Crippen molar-refractivity contribution in [1.82, 2.24) is 24.5 Å². The molecule has 3 aromatic heterocycles. The number of aromatic nitrogens is 4. The molecule has 0 bridgehead atoms. The smallest absolute Gasteiger partial charge is 0.187 e. The summed E-state index contributed by atoms with van der Waals surface area (Å²) in [5.41, 5.74) is 9.21. The average molecular weight is 463 g/mol. The fourth-order valence-electron chi connectivity index (χ4n) is 4.52. The Kier molecular flexibility index (Phi) is 6.58. The van der Waals surface area contributed by atoms with Crippen LogP contribution in [0.2, 0.25) is 0 Å². The standard InChI is InChI=1S/C25H30N6O2.CH4/c1-16(2)33-21-6-4-5-18-7-9-20(27-23(18)21)24-29-28-22-10-8-19(13-31(22)24)17(3)30-12-11-25(26,14-30)15-32;/h4-10,13,16-17,32H,11-12,14-15,26H2,1-3H3;1H4/t17-,25?;/m0./s1. The van der Waals surface area contributed by atoms with Gasteiger partial charge in [0, 0.05) is 30.7 Å². The van der Waals surface area contributed by atoms with Crippen LogP contribution in [0.3, 0.4) is 0 Å². The first-order chi connectivity index (χ1) is 15.9. The lowest BCUT2D eigenvalue weighted by Crippen LogP contribution is -2.46. The largest absolute Gasteiger partial charge is 0.489 e. The summed E-state index contributed by atoms with van der Waals surface area (Å²) in [5, 5.41) is 19.4. The van der Waals surface area contributed by atoms with Crippen LogP contribution in [0.15, 0.2) is 48.7 Å². The van der Waals surface area contributed by atoms with Gasteiger partial charge in [-0.05, 0) is 51.0 Å². The maximum Gasteiger partial charge on any atom is 0.187 e. The highest BCUT2D eigenvalue weighted by atomic mass is 16.5. The summed E-state index contributed by atoms with van der Waals surface area (Å²) in [7, 11) is 0. The predicted molar refractivity (Wildman–Crippen MR) is 135 cm³/mol. The number of likely N-dealkylation sites (tertiary alicyclic amines) is 1. The molecule has 1 saturated heterocycles. The van der Waals surface area contributed by atoms with Crippen LogP contribution in [0, 0.1) is 0 Å². The molecule has 1 fully saturated rings. The number of benzene rings is 1. The molecule has 0 amide bonds. The fraction of sp³-hybridized carbons (Fsp3) is 0.423. The van der Waals surface area contributed by atoms with Crippen LogP contribution in [-0.2, 0) is 0 Å². The van der Waals surface area contributed by atoms with Crippen LogP contribution in [-0.4, -0.2) is 60.9 Å². The summed E-state index contributed by atoms with van der Waals surface area (Å²) >= 11 is 0. The summed E-state index contributed by atoms with van der Waals surface area (Å²) in [4.78, 5) is 7.21. The molecule has 1 aromatic carbocycles. The highest BCUT2D eigenvalue weighted by molar-refractivity contribution is 5.86. The number of aliphatic hydroxyl groups is 1. The van der Waals surface area contributed by atoms with E-state index in [0.717, 1.165) is 46.5 Å². The topological polar surface area (TPSA) is 102 Å². The lowest BCUT2D eigenvalue weighted by atomic mass is 10.0. The van der Waals surface area contributed by atoms with Crippen molar-refractivity contribution >= 4 is 16.6 Å². The molecule has 0 radical (unpaired) electrons.